The Morgan fingerprint density at radius 3 is 2.57 bits per heavy atom. The predicted octanol–water partition coefficient (Wildman–Crippen LogP) is 2.89. The fraction of sp³-hybridized carbons (Fsp3) is 0.294. The van der Waals surface area contributed by atoms with Gasteiger partial charge in [0.15, 0.2) is 11.5 Å². The maximum absolute atomic E-state index is 5.83. The van der Waals surface area contributed by atoms with Crippen molar-refractivity contribution in [1.29, 1.82) is 0 Å². The molecule has 0 fully saturated rings. The minimum Gasteiger partial charge on any atom is -0.493 e. The summed E-state index contributed by atoms with van der Waals surface area (Å²) in [5, 5.41) is 1.77. The number of ether oxygens (including phenoxy) is 2. The van der Waals surface area contributed by atoms with E-state index in [-0.39, 0.29) is 6.04 Å². The van der Waals surface area contributed by atoms with Crippen LogP contribution >= 0.6 is 0 Å². The Bertz CT molecular complexity index is 723. The van der Waals surface area contributed by atoms with Crippen LogP contribution in [0.3, 0.4) is 0 Å². The number of rotatable bonds is 5. The van der Waals surface area contributed by atoms with E-state index in [1.807, 2.05) is 43.3 Å². The van der Waals surface area contributed by atoms with E-state index >= 15 is 0 Å². The van der Waals surface area contributed by atoms with Gasteiger partial charge in [0.25, 0.3) is 0 Å². The monoisotopic (exact) mass is 316 g/mol. The Morgan fingerprint density at radius 1 is 1.13 bits per heavy atom. The summed E-state index contributed by atoms with van der Waals surface area (Å²) in [4.78, 5) is 5.61. The number of hydrogen-bond acceptors (Lipinski definition) is 6. The van der Waals surface area contributed by atoms with Crippen molar-refractivity contribution in [3.8, 4) is 11.5 Å². The van der Waals surface area contributed by atoms with E-state index in [0.29, 0.717) is 23.9 Å². The van der Waals surface area contributed by atoms with Crippen molar-refractivity contribution in [1.82, 2.24) is 5.06 Å². The first kappa shape index (κ1) is 15.3. The molecule has 1 aliphatic heterocycles. The highest BCUT2D eigenvalue weighted by Crippen LogP contribution is 2.34. The lowest BCUT2D eigenvalue weighted by Gasteiger charge is -2.21. The second kappa shape index (κ2) is 6.26. The molecule has 122 valence electrons. The van der Waals surface area contributed by atoms with Gasteiger partial charge in [-0.25, -0.2) is 0 Å². The van der Waals surface area contributed by atoms with Crippen LogP contribution < -0.4 is 15.2 Å². The fourth-order valence-electron chi connectivity index (χ4n) is 2.59. The molecule has 1 aliphatic rings. The first-order valence-electron chi connectivity index (χ1n) is 7.30. The zero-order valence-corrected chi connectivity index (χ0v) is 13.4. The summed E-state index contributed by atoms with van der Waals surface area (Å²) in [7, 11) is 3.23. The molecule has 6 nitrogen and oxygen atoms in total. The number of aryl methyl sites for hydroxylation is 1. The molecule has 0 spiro atoms. The Labute approximate surface area is 135 Å². The molecular weight excluding hydrogens is 296 g/mol. The van der Waals surface area contributed by atoms with Crippen LogP contribution in [0.5, 0.6) is 11.5 Å². The highest BCUT2D eigenvalue weighted by atomic mass is 16.7. The number of hydroxylamine groups is 2. The third kappa shape index (κ3) is 3.12. The largest absolute Gasteiger partial charge is 0.493 e. The summed E-state index contributed by atoms with van der Waals surface area (Å²) in [5.74, 6) is 3.38. The van der Waals surface area contributed by atoms with Gasteiger partial charge in [0.2, 0.25) is 5.88 Å². The van der Waals surface area contributed by atoms with Crippen LogP contribution in [0.4, 0.5) is 0 Å². The first-order valence-corrected chi connectivity index (χ1v) is 7.30. The molecule has 2 heterocycles. The van der Waals surface area contributed by atoms with Gasteiger partial charge < -0.3 is 24.5 Å². The molecule has 23 heavy (non-hydrogen) atoms. The van der Waals surface area contributed by atoms with E-state index in [4.69, 9.17) is 24.5 Å². The minimum absolute atomic E-state index is 0.156. The van der Waals surface area contributed by atoms with Gasteiger partial charge >= 0.3 is 0 Å². The molecular formula is C17H20N2O4. The molecule has 1 unspecified atom stereocenters. The lowest BCUT2D eigenvalue weighted by molar-refractivity contribution is -0.131. The standard InChI is InChI=1S/C17H20N2O4/c1-11-4-6-14(22-11)13-9-17(18)23-19(13)10-12-5-7-15(20-2)16(8-12)21-3/h4-9,13H,10,18H2,1-3H3. The third-order valence-electron chi connectivity index (χ3n) is 3.69. The maximum atomic E-state index is 5.83. The number of benzene rings is 1. The average Bonchev–Trinajstić information content (AvgIpc) is 3.12. The molecule has 0 radical (unpaired) electrons. The molecule has 0 aliphatic carbocycles. The van der Waals surface area contributed by atoms with Crippen LogP contribution in [0.2, 0.25) is 0 Å². The van der Waals surface area contributed by atoms with Crippen molar-refractivity contribution in [2.75, 3.05) is 14.2 Å². The van der Waals surface area contributed by atoms with Gasteiger partial charge in [-0.1, -0.05) is 6.07 Å². The molecule has 0 bridgehead atoms. The minimum atomic E-state index is -0.156. The molecule has 0 amide bonds. The fourth-order valence-corrected chi connectivity index (χ4v) is 2.59. The predicted molar refractivity (Wildman–Crippen MR) is 84.6 cm³/mol. The van der Waals surface area contributed by atoms with Crippen LogP contribution in [-0.4, -0.2) is 19.3 Å². The van der Waals surface area contributed by atoms with Crippen LogP contribution in [0, 0.1) is 6.92 Å². The number of nitrogens with zero attached hydrogens (tertiary/aromatic N) is 1. The summed E-state index contributed by atoms with van der Waals surface area (Å²) in [6.07, 6.45) is 1.83. The molecule has 1 aromatic carbocycles. The van der Waals surface area contributed by atoms with Crippen molar-refractivity contribution in [3.05, 3.63) is 59.4 Å². The van der Waals surface area contributed by atoms with E-state index in [0.717, 1.165) is 17.1 Å². The second-order valence-electron chi connectivity index (χ2n) is 5.32. The summed E-state index contributed by atoms with van der Waals surface area (Å²) in [6.45, 7) is 2.44. The normalized spacial score (nSPS) is 17.7. The third-order valence-corrected chi connectivity index (χ3v) is 3.69. The smallest absolute Gasteiger partial charge is 0.207 e. The Kier molecular flexibility index (Phi) is 4.16. The number of furan rings is 1. The number of hydrogen-bond donors (Lipinski definition) is 1. The molecule has 3 rings (SSSR count). The lowest BCUT2D eigenvalue weighted by atomic mass is 10.1. The molecule has 0 saturated heterocycles. The van der Waals surface area contributed by atoms with E-state index in [1.54, 1.807) is 19.3 Å². The van der Waals surface area contributed by atoms with Crippen molar-refractivity contribution >= 4 is 0 Å². The molecule has 6 heteroatoms. The van der Waals surface area contributed by atoms with E-state index < -0.39 is 0 Å². The molecule has 2 N–H and O–H groups in total. The topological polar surface area (TPSA) is 70.1 Å². The van der Waals surface area contributed by atoms with Crippen LogP contribution in [0.15, 0.2) is 46.7 Å². The SMILES string of the molecule is COc1ccc(CN2OC(N)=CC2c2ccc(C)o2)cc1OC. The van der Waals surface area contributed by atoms with Crippen molar-refractivity contribution in [2.45, 2.75) is 19.5 Å². The van der Waals surface area contributed by atoms with Crippen molar-refractivity contribution in [3.63, 3.8) is 0 Å². The van der Waals surface area contributed by atoms with Gasteiger partial charge in [0, 0.05) is 6.08 Å². The van der Waals surface area contributed by atoms with E-state index in [9.17, 15) is 0 Å². The van der Waals surface area contributed by atoms with Crippen LogP contribution in [-0.2, 0) is 11.4 Å². The van der Waals surface area contributed by atoms with Gasteiger partial charge in [0.05, 0.1) is 20.8 Å². The lowest BCUT2D eigenvalue weighted by Crippen LogP contribution is -2.23. The Hall–Kier alpha value is -2.60. The van der Waals surface area contributed by atoms with E-state index in [1.165, 1.54) is 0 Å². The summed E-state index contributed by atoms with van der Waals surface area (Å²) < 4.78 is 16.3. The van der Waals surface area contributed by atoms with Crippen molar-refractivity contribution in [2.24, 2.45) is 5.73 Å². The zero-order valence-electron chi connectivity index (χ0n) is 13.4. The number of nitrogens with two attached hydrogens (primary N) is 1. The van der Waals surface area contributed by atoms with Crippen molar-refractivity contribution < 1.29 is 18.7 Å². The Balaban J connectivity index is 1.81. The molecule has 2 aromatic rings. The average molecular weight is 316 g/mol. The highest BCUT2D eigenvalue weighted by molar-refractivity contribution is 5.42. The molecule has 0 saturated carbocycles. The summed E-state index contributed by atoms with van der Waals surface area (Å²) in [5.41, 5.74) is 6.84. The molecule has 1 aromatic heterocycles. The first-order chi connectivity index (χ1) is 11.1. The second-order valence-corrected chi connectivity index (χ2v) is 5.32. The van der Waals surface area contributed by atoms with Crippen LogP contribution in [0.1, 0.15) is 23.1 Å². The Morgan fingerprint density at radius 2 is 1.91 bits per heavy atom. The van der Waals surface area contributed by atoms with Gasteiger partial charge in [-0.15, -0.1) is 5.06 Å². The summed E-state index contributed by atoms with van der Waals surface area (Å²) in [6, 6.07) is 9.45. The van der Waals surface area contributed by atoms with Gasteiger partial charge in [-0.05, 0) is 36.8 Å². The quantitative estimate of drug-likeness (QED) is 0.914. The maximum Gasteiger partial charge on any atom is 0.207 e. The summed E-state index contributed by atoms with van der Waals surface area (Å²) >= 11 is 0. The van der Waals surface area contributed by atoms with E-state index in [2.05, 4.69) is 0 Å². The van der Waals surface area contributed by atoms with Crippen LogP contribution in [0.25, 0.3) is 0 Å². The number of methoxy groups -OCH3 is 2. The van der Waals surface area contributed by atoms with Gasteiger partial charge in [-0.3, -0.25) is 0 Å². The highest BCUT2D eigenvalue weighted by Gasteiger charge is 2.30. The molecule has 1 atom stereocenters. The van der Waals surface area contributed by atoms with Gasteiger partial charge in [-0.2, -0.15) is 0 Å². The van der Waals surface area contributed by atoms with Gasteiger partial charge in [0.1, 0.15) is 17.6 Å². The zero-order chi connectivity index (χ0) is 16.4.